The summed E-state index contributed by atoms with van der Waals surface area (Å²) in [6.45, 7) is 1.05. The highest BCUT2D eigenvalue weighted by Gasteiger charge is 2.18. The second-order valence-corrected chi connectivity index (χ2v) is 12.5. The Kier molecular flexibility index (Phi) is 9.07. The Morgan fingerprint density at radius 1 is 0.737 bits per heavy atom. The first kappa shape index (κ1) is 28.1. The van der Waals surface area contributed by atoms with Crippen molar-refractivity contribution in [3.8, 4) is 33.6 Å². The Morgan fingerprint density at radius 3 is 1.61 bits per heavy atom. The van der Waals surface area contributed by atoms with Crippen LogP contribution in [0.25, 0.3) is 33.6 Å². The Bertz CT molecular complexity index is 1410. The third-order valence-electron chi connectivity index (χ3n) is 5.96. The molecule has 0 saturated heterocycles. The van der Waals surface area contributed by atoms with Gasteiger partial charge in [-0.05, 0) is 46.5 Å². The quantitative estimate of drug-likeness (QED) is 0.162. The molecule has 4 rings (SSSR count). The average Bonchev–Trinajstić information content (AvgIpc) is 2.88. The molecule has 0 aromatic carbocycles. The summed E-state index contributed by atoms with van der Waals surface area (Å²) in [7, 11) is -7.96. The molecular weight excluding hydrogens is 526 g/mol. The Hall–Kier alpha value is -2.94. The molecule has 0 atom stereocenters. The number of hydrogen-bond acceptors (Lipinski definition) is 6. The molecule has 4 aromatic rings. The summed E-state index contributed by atoms with van der Waals surface area (Å²) in [6, 6.07) is 15.6. The minimum atomic E-state index is -3.98. The number of pyridine rings is 4. The van der Waals surface area contributed by atoms with E-state index in [1.165, 1.54) is 0 Å². The summed E-state index contributed by atoms with van der Waals surface area (Å²) in [4.78, 5) is 56.1. The molecule has 0 aliphatic carbocycles. The van der Waals surface area contributed by atoms with Crippen LogP contribution in [0.15, 0.2) is 85.7 Å². The topological polar surface area (TPSA) is 155 Å². The molecule has 0 saturated carbocycles. The Labute approximate surface area is 221 Å². The van der Waals surface area contributed by atoms with Crippen LogP contribution >= 0.6 is 15.5 Å². The molecule has 0 fully saturated rings. The van der Waals surface area contributed by atoms with E-state index in [9.17, 15) is 9.46 Å². The minimum Gasteiger partial charge on any atom is -0.632 e. The fraction of sp³-hybridized carbons (Fsp3) is 0.231. The third kappa shape index (κ3) is 8.55. The molecule has 0 radical (unpaired) electrons. The Morgan fingerprint density at radius 2 is 1.18 bits per heavy atom. The van der Waals surface area contributed by atoms with E-state index >= 15 is 0 Å². The van der Waals surface area contributed by atoms with Crippen molar-refractivity contribution in [2.45, 2.75) is 25.9 Å². The van der Waals surface area contributed by atoms with Crippen LogP contribution in [0.4, 0.5) is 0 Å². The molecule has 0 amide bonds. The van der Waals surface area contributed by atoms with E-state index in [0.29, 0.717) is 25.9 Å². The van der Waals surface area contributed by atoms with Gasteiger partial charge in [-0.1, -0.05) is 0 Å². The molecule has 4 heterocycles. The van der Waals surface area contributed by atoms with Gasteiger partial charge < -0.3 is 14.7 Å². The predicted molar refractivity (Wildman–Crippen MR) is 141 cm³/mol. The SMILES string of the molecule is O=P(O)(O)CCC[n+]1ccc(-c2ccnc(-c3cc(-c4cc[n+](CCC[P+]([O-])(O)O)cc4)ccn3)c2)cc1. The zero-order valence-electron chi connectivity index (χ0n) is 20.6. The molecule has 198 valence electrons. The van der Waals surface area contributed by atoms with Gasteiger partial charge in [0.25, 0.3) is 0 Å². The first-order valence-corrected chi connectivity index (χ1v) is 15.7. The van der Waals surface area contributed by atoms with E-state index in [1.807, 2.05) is 82.5 Å². The highest BCUT2D eigenvalue weighted by atomic mass is 31.2. The number of aryl methyl sites for hydroxylation is 2. The van der Waals surface area contributed by atoms with Crippen molar-refractivity contribution in [2.24, 2.45) is 0 Å². The standard InChI is InChI=1S/C26H28N4O6P2/c31-37(32,33)17-1-11-29-13-5-21(6-14-29)23-3-9-27-25(19-23)26-20-24(4-10-28-26)22-7-15-30(16-8-22)12-2-18-38(34,35)36/h3-10,13-16,19-20H,1-2,11-12,17-18H2,(H2-2,31,32,33,34,35,36)/p+2. The van der Waals surface area contributed by atoms with E-state index < -0.39 is 15.5 Å². The van der Waals surface area contributed by atoms with Gasteiger partial charge in [0.15, 0.2) is 31.3 Å². The fourth-order valence-electron chi connectivity index (χ4n) is 4.02. The van der Waals surface area contributed by atoms with E-state index in [0.717, 1.165) is 33.6 Å². The van der Waals surface area contributed by atoms with Gasteiger partial charge in [-0.25, -0.2) is 18.9 Å². The van der Waals surface area contributed by atoms with Crippen LogP contribution in [0.2, 0.25) is 0 Å². The van der Waals surface area contributed by atoms with Crippen LogP contribution in [-0.4, -0.2) is 41.9 Å². The van der Waals surface area contributed by atoms with Crippen LogP contribution in [0.3, 0.4) is 0 Å². The van der Waals surface area contributed by atoms with Crippen molar-refractivity contribution in [1.82, 2.24) is 9.97 Å². The third-order valence-corrected chi connectivity index (χ3v) is 7.76. The number of nitrogens with zero attached hydrogens (tertiary/aromatic N) is 4. The molecule has 0 aliphatic heterocycles. The van der Waals surface area contributed by atoms with Crippen molar-refractivity contribution in [3.63, 3.8) is 0 Å². The van der Waals surface area contributed by atoms with Crippen LogP contribution in [0.1, 0.15) is 12.8 Å². The van der Waals surface area contributed by atoms with Gasteiger partial charge in [0, 0.05) is 49.5 Å². The van der Waals surface area contributed by atoms with Gasteiger partial charge in [0.2, 0.25) is 7.94 Å². The first-order valence-electron chi connectivity index (χ1n) is 12.1. The van der Waals surface area contributed by atoms with Gasteiger partial charge in [0.05, 0.1) is 17.5 Å². The lowest BCUT2D eigenvalue weighted by Gasteiger charge is -2.13. The molecule has 10 nitrogen and oxygen atoms in total. The molecule has 12 heteroatoms. The highest BCUT2D eigenvalue weighted by Crippen LogP contribution is 2.39. The molecule has 0 aliphatic rings. The second-order valence-electron chi connectivity index (χ2n) is 8.99. The lowest BCUT2D eigenvalue weighted by molar-refractivity contribution is -0.696. The van der Waals surface area contributed by atoms with Crippen molar-refractivity contribution in [2.75, 3.05) is 12.3 Å². The predicted octanol–water partition coefficient (Wildman–Crippen LogP) is 2.12. The molecular formula is C26H30N4O6P2+2. The largest absolute Gasteiger partial charge is 0.632 e. The van der Waals surface area contributed by atoms with Crippen molar-refractivity contribution >= 4 is 15.5 Å². The van der Waals surface area contributed by atoms with Gasteiger partial charge in [0.1, 0.15) is 12.7 Å². The average molecular weight is 556 g/mol. The molecule has 4 aromatic heterocycles. The minimum absolute atomic E-state index is 0.135. The van der Waals surface area contributed by atoms with Crippen molar-refractivity contribution < 1.29 is 38.2 Å². The fourth-order valence-corrected chi connectivity index (χ4v) is 5.12. The van der Waals surface area contributed by atoms with E-state index in [2.05, 4.69) is 9.97 Å². The zero-order valence-corrected chi connectivity index (χ0v) is 22.4. The molecule has 38 heavy (non-hydrogen) atoms. The highest BCUT2D eigenvalue weighted by molar-refractivity contribution is 7.57. The molecule has 0 unspecified atom stereocenters. The van der Waals surface area contributed by atoms with Crippen molar-refractivity contribution in [3.05, 3.63) is 85.7 Å². The van der Waals surface area contributed by atoms with Gasteiger partial charge >= 0.3 is 7.60 Å². The summed E-state index contributed by atoms with van der Waals surface area (Å²) < 4.78 is 14.8. The Balaban J connectivity index is 1.45. The van der Waals surface area contributed by atoms with Crippen LogP contribution in [0, 0.1) is 0 Å². The lowest BCUT2D eigenvalue weighted by atomic mass is 10.0. The first-order chi connectivity index (χ1) is 18.1. The number of aromatic nitrogens is 4. The monoisotopic (exact) mass is 556 g/mol. The van der Waals surface area contributed by atoms with E-state index in [-0.39, 0.29) is 12.3 Å². The zero-order chi connectivity index (χ0) is 27.2. The summed E-state index contributed by atoms with van der Waals surface area (Å²) >= 11 is 0. The normalized spacial score (nSPS) is 12.0. The maximum atomic E-state index is 11.0. The van der Waals surface area contributed by atoms with Crippen LogP contribution in [-0.2, 0) is 17.7 Å². The van der Waals surface area contributed by atoms with Gasteiger partial charge in [-0.3, -0.25) is 14.5 Å². The second kappa shape index (κ2) is 12.3. The molecule has 0 spiro atoms. The summed E-state index contributed by atoms with van der Waals surface area (Å²) in [6.07, 6.45) is 11.6. The summed E-state index contributed by atoms with van der Waals surface area (Å²) in [5, 5.41) is 0. The number of rotatable bonds is 11. The van der Waals surface area contributed by atoms with E-state index in [1.54, 1.807) is 12.4 Å². The van der Waals surface area contributed by atoms with E-state index in [4.69, 9.17) is 19.6 Å². The van der Waals surface area contributed by atoms with Crippen LogP contribution in [0.5, 0.6) is 0 Å². The van der Waals surface area contributed by atoms with Crippen LogP contribution < -0.4 is 14.0 Å². The lowest BCUT2D eigenvalue weighted by Crippen LogP contribution is -2.33. The smallest absolute Gasteiger partial charge is 0.325 e. The number of hydrogen-bond donors (Lipinski definition) is 4. The molecule has 0 bridgehead atoms. The van der Waals surface area contributed by atoms with Gasteiger partial charge in [-0.2, -0.15) is 0 Å². The van der Waals surface area contributed by atoms with Crippen molar-refractivity contribution in [1.29, 1.82) is 0 Å². The molecule has 4 N–H and O–H groups in total. The summed E-state index contributed by atoms with van der Waals surface area (Å²) in [5.74, 6) is 0. The van der Waals surface area contributed by atoms with Gasteiger partial charge in [-0.15, -0.1) is 0 Å². The maximum absolute atomic E-state index is 11.0. The summed E-state index contributed by atoms with van der Waals surface area (Å²) in [5.41, 5.74) is 5.38. The maximum Gasteiger partial charge on any atom is 0.325 e.